The first-order valence-corrected chi connectivity index (χ1v) is 8.66. The smallest absolute Gasteiger partial charge is 0.258 e. The highest BCUT2D eigenvalue weighted by molar-refractivity contribution is 6.03. The van der Waals surface area contributed by atoms with Crippen LogP contribution in [0.25, 0.3) is 5.65 Å². The van der Waals surface area contributed by atoms with Crippen LogP contribution in [0, 0.1) is 0 Å². The van der Waals surface area contributed by atoms with Gasteiger partial charge in [-0.2, -0.15) is 9.61 Å². The lowest BCUT2D eigenvalue weighted by Crippen LogP contribution is -2.33. The largest absolute Gasteiger partial charge is 0.394 e. The highest BCUT2D eigenvalue weighted by Gasteiger charge is 2.45. The number of rotatable bonds is 5. The van der Waals surface area contributed by atoms with Crippen molar-refractivity contribution in [1.82, 2.24) is 19.6 Å². The van der Waals surface area contributed by atoms with Crippen LogP contribution >= 0.6 is 0 Å². The summed E-state index contributed by atoms with van der Waals surface area (Å²) in [7, 11) is 1.45. The summed E-state index contributed by atoms with van der Waals surface area (Å²) >= 11 is 0. The second-order valence-electron chi connectivity index (χ2n) is 6.32. The average Bonchev–Trinajstić information content (AvgIpc) is 3.29. The van der Waals surface area contributed by atoms with E-state index >= 15 is 0 Å². The fourth-order valence-electron chi connectivity index (χ4n) is 3.28. The predicted molar refractivity (Wildman–Crippen MR) is 96.7 cm³/mol. The number of fused-ring (bicyclic) bond motifs is 1. The normalized spacial score (nSPS) is 24.5. The second kappa shape index (κ2) is 7.60. The Morgan fingerprint density at radius 2 is 2.11 bits per heavy atom. The Balaban J connectivity index is 1.66. The van der Waals surface area contributed by atoms with Crippen molar-refractivity contribution >= 4 is 17.5 Å². The molecule has 1 amide bonds. The van der Waals surface area contributed by atoms with Crippen LogP contribution in [-0.4, -0.2) is 67.7 Å². The number of carbonyl (C=O) groups excluding carboxylic acids is 1. The molecule has 0 bridgehead atoms. The van der Waals surface area contributed by atoms with Gasteiger partial charge < -0.3 is 19.7 Å². The van der Waals surface area contributed by atoms with Crippen LogP contribution in [0.1, 0.15) is 22.0 Å². The van der Waals surface area contributed by atoms with Gasteiger partial charge in [-0.25, -0.2) is 9.97 Å². The van der Waals surface area contributed by atoms with Crippen LogP contribution in [0.15, 0.2) is 42.9 Å². The van der Waals surface area contributed by atoms with Gasteiger partial charge in [0.05, 0.1) is 12.8 Å². The maximum absolute atomic E-state index is 12.4. The van der Waals surface area contributed by atoms with E-state index in [0.717, 1.165) is 0 Å². The molecule has 2 aromatic heterocycles. The first-order chi connectivity index (χ1) is 13.6. The average molecular weight is 385 g/mol. The van der Waals surface area contributed by atoms with E-state index in [1.165, 1.54) is 24.1 Å². The molecule has 10 heteroatoms. The maximum Gasteiger partial charge on any atom is 0.258 e. The Bertz CT molecular complexity index is 979. The van der Waals surface area contributed by atoms with E-state index in [9.17, 15) is 15.0 Å². The summed E-state index contributed by atoms with van der Waals surface area (Å²) in [6, 6.07) is 8.73. The molecule has 3 aromatic rings. The number of nitrogens with one attached hydrogen (secondary N) is 1. The molecule has 1 aromatic carbocycles. The van der Waals surface area contributed by atoms with Crippen molar-refractivity contribution in [3.63, 3.8) is 0 Å². The van der Waals surface area contributed by atoms with Crippen LogP contribution in [0.2, 0.25) is 0 Å². The molecule has 0 saturated carbocycles. The number of hydrogen-bond donors (Lipinski definition) is 3. The van der Waals surface area contributed by atoms with E-state index in [2.05, 4.69) is 20.4 Å². The standard InChI is InChI=1S/C18H19N5O5/c1-27-15-13(25)12(8-24)28-14(15)11-7-21-23-16(11)19-9-20-18(23)22-17(26)10-5-3-2-4-6-10/h2-7,9,12-15,24-25H,8H2,1H3,(H,19,20,22,26). The van der Waals surface area contributed by atoms with Crippen molar-refractivity contribution in [2.24, 2.45) is 0 Å². The Hall–Kier alpha value is -2.92. The number of nitrogens with zero attached hydrogens (tertiary/aromatic N) is 4. The van der Waals surface area contributed by atoms with E-state index in [-0.39, 0.29) is 18.5 Å². The Labute approximate surface area is 159 Å². The number of amides is 1. The lowest BCUT2D eigenvalue weighted by atomic mass is 10.0. The summed E-state index contributed by atoms with van der Waals surface area (Å²) in [4.78, 5) is 20.7. The van der Waals surface area contributed by atoms with Gasteiger partial charge in [-0.15, -0.1) is 0 Å². The van der Waals surface area contributed by atoms with Gasteiger partial charge in [0.2, 0.25) is 5.95 Å². The van der Waals surface area contributed by atoms with Crippen LogP contribution in [0.3, 0.4) is 0 Å². The second-order valence-corrected chi connectivity index (χ2v) is 6.32. The molecule has 1 aliphatic rings. The molecular weight excluding hydrogens is 366 g/mol. The first kappa shape index (κ1) is 18.4. The minimum absolute atomic E-state index is 0.191. The summed E-state index contributed by atoms with van der Waals surface area (Å²) in [5, 5.41) is 26.6. The summed E-state index contributed by atoms with van der Waals surface area (Å²) in [5.74, 6) is -0.142. The van der Waals surface area contributed by atoms with Gasteiger partial charge in [0, 0.05) is 18.2 Å². The van der Waals surface area contributed by atoms with Crippen molar-refractivity contribution < 1.29 is 24.5 Å². The SMILES string of the molecule is COC1C(c2cnn3c(NC(=O)c4ccccc4)ncnc23)OC(CO)C1O. The fraction of sp³-hybridized carbons (Fsp3) is 0.333. The molecule has 10 nitrogen and oxygen atoms in total. The van der Waals surface area contributed by atoms with E-state index in [0.29, 0.717) is 16.8 Å². The maximum atomic E-state index is 12.4. The van der Waals surface area contributed by atoms with Crippen molar-refractivity contribution in [3.8, 4) is 0 Å². The van der Waals surface area contributed by atoms with Crippen LogP contribution in [0.4, 0.5) is 5.95 Å². The fourth-order valence-corrected chi connectivity index (χ4v) is 3.28. The molecule has 1 aliphatic heterocycles. The Kier molecular flexibility index (Phi) is 5.01. The van der Waals surface area contributed by atoms with E-state index in [4.69, 9.17) is 9.47 Å². The molecule has 3 heterocycles. The summed E-state index contributed by atoms with van der Waals surface area (Å²) in [6.45, 7) is -0.343. The zero-order valence-corrected chi connectivity index (χ0v) is 15.0. The molecular formula is C18H19N5O5. The molecule has 146 valence electrons. The van der Waals surface area contributed by atoms with Gasteiger partial charge in [-0.3, -0.25) is 10.1 Å². The van der Waals surface area contributed by atoms with Crippen LogP contribution in [0.5, 0.6) is 0 Å². The lowest BCUT2D eigenvalue weighted by Gasteiger charge is -2.17. The summed E-state index contributed by atoms with van der Waals surface area (Å²) < 4.78 is 12.5. The highest BCUT2D eigenvalue weighted by Crippen LogP contribution is 2.36. The number of methoxy groups -OCH3 is 1. The van der Waals surface area contributed by atoms with Gasteiger partial charge in [0.25, 0.3) is 5.91 Å². The van der Waals surface area contributed by atoms with E-state index in [1.807, 2.05) is 6.07 Å². The molecule has 0 spiro atoms. The van der Waals surface area contributed by atoms with Gasteiger partial charge in [0.1, 0.15) is 30.7 Å². The minimum Gasteiger partial charge on any atom is -0.394 e. The van der Waals surface area contributed by atoms with E-state index in [1.54, 1.807) is 24.3 Å². The monoisotopic (exact) mass is 385 g/mol. The molecule has 3 N–H and O–H groups in total. The number of carbonyl (C=O) groups is 1. The van der Waals surface area contributed by atoms with Crippen molar-refractivity contribution in [1.29, 1.82) is 0 Å². The topological polar surface area (TPSA) is 131 Å². The van der Waals surface area contributed by atoms with Crippen LogP contribution in [-0.2, 0) is 9.47 Å². The van der Waals surface area contributed by atoms with Crippen molar-refractivity contribution in [2.45, 2.75) is 24.4 Å². The summed E-state index contributed by atoms with van der Waals surface area (Å²) in [6.07, 6.45) is -0.314. The van der Waals surface area contributed by atoms with Crippen LogP contribution < -0.4 is 5.32 Å². The Morgan fingerprint density at radius 3 is 2.82 bits per heavy atom. The van der Waals surface area contributed by atoms with Crippen molar-refractivity contribution in [3.05, 3.63) is 54.0 Å². The number of aliphatic hydroxyl groups is 2. The van der Waals surface area contributed by atoms with E-state index < -0.39 is 24.4 Å². The number of aromatic nitrogens is 4. The van der Waals surface area contributed by atoms with Gasteiger partial charge in [-0.05, 0) is 12.1 Å². The predicted octanol–water partition coefficient (Wildman–Crippen LogP) is 0.185. The molecule has 28 heavy (non-hydrogen) atoms. The van der Waals surface area contributed by atoms with Gasteiger partial charge in [-0.1, -0.05) is 18.2 Å². The number of anilines is 1. The quantitative estimate of drug-likeness (QED) is 0.567. The molecule has 1 saturated heterocycles. The third-order valence-electron chi connectivity index (χ3n) is 4.69. The third-order valence-corrected chi connectivity index (χ3v) is 4.69. The molecule has 4 rings (SSSR count). The highest BCUT2D eigenvalue weighted by atomic mass is 16.6. The van der Waals surface area contributed by atoms with Crippen molar-refractivity contribution in [2.75, 3.05) is 19.0 Å². The first-order valence-electron chi connectivity index (χ1n) is 8.66. The molecule has 0 aliphatic carbocycles. The zero-order chi connectivity index (χ0) is 19.7. The lowest BCUT2D eigenvalue weighted by molar-refractivity contribution is -0.0229. The third kappa shape index (κ3) is 3.12. The van der Waals surface area contributed by atoms with Gasteiger partial charge >= 0.3 is 0 Å². The molecule has 1 fully saturated rings. The molecule has 4 atom stereocenters. The number of hydrogen-bond acceptors (Lipinski definition) is 8. The molecule has 4 unspecified atom stereocenters. The molecule has 0 radical (unpaired) electrons. The minimum atomic E-state index is -0.992. The number of aliphatic hydroxyl groups excluding tert-OH is 2. The number of benzene rings is 1. The Morgan fingerprint density at radius 1 is 1.32 bits per heavy atom. The van der Waals surface area contributed by atoms with Gasteiger partial charge in [0.15, 0.2) is 5.65 Å². The summed E-state index contributed by atoms with van der Waals surface area (Å²) in [5.41, 5.74) is 1.43. The number of ether oxygens (including phenoxy) is 2. The zero-order valence-electron chi connectivity index (χ0n) is 15.0.